The summed E-state index contributed by atoms with van der Waals surface area (Å²) >= 11 is 1.29. The van der Waals surface area contributed by atoms with Crippen molar-refractivity contribution in [3.05, 3.63) is 82.3 Å². The lowest BCUT2D eigenvalue weighted by Crippen LogP contribution is -2.32. The first-order chi connectivity index (χ1) is 15.6. The van der Waals surface area contributed by atoms with Gasteiger partial charge in [0.1, 0.15) is 5.75 Å². The Balaban J connectivity index is 1.66. The maximum absolute atomic E-state index is 13.3. The number of benzene rings is 1. The van der Waals surface area contributed by atoms with Gasteiger partial charge in [-0.2, -0.15) is 0 Å². The lowest BCUT2D eigenvalue weighted by molar-refractivity contribution is -0.129. The van der Waals surface area contributed by atoms with Crippen LogP contribution in [0.4, 0.5) is 0 Å². The normalized spacial score (nSPS) is 16.1. The molecule has 0 aliphatic carbocycles. The fourth-order valence-corrected chi connectivity index (χ4v) is 4.52. The molecule has 3 heterocycles. The van der Waals surface area contributed by atoms with E-state index < -0.39 is 17.7 Å². The largest absolute Gasteiger partial charge is 0.503 e. The van der Waals surface area contributed by atoms with E-state index in [0.29, 0.717) is 36.7 Å². The molecule has 0 spiro atoms. The third-order valence-corrected chi connectivity index (χ3v) is 6.18. The number of ether oxygens (including phenoxy) is 1. The van der Waals surface area contributed by atoms with Crippen molar-refractivity contribution < 1.29 is 19.4 Å². The van der Waals surface area contributed by atoms with Crippen LogP contribution in [0.25, 0.3) is 0 Å². The number of carbonyl (C=O) groups excluding carboxylic acids is 2. The Hall–Kier alpha value is -3.39. The molecule has 1 aliphatic heterocycles. The first-order valence-electron chi connectivity index (χ1n) is 10.6. The monoisotopic (exact) mass is 451 g/mol. The second kappa shape index (κ2) is 9.82. The van der Waals surface area contributed by atoms with Gasteiger partial charge in [0.25, 0.3) is 5.91 Å². The van der Waals surface area contributed by atoms with Gasteiger partial charge in [-0.05, 0) is 42.0 Å². The number of thiophene rings is 1. The molecular formula is C24H25N3O4S. The number of hydrogen-bond acceptors (Lipinski definition) is 6. The summed E-state index contributed by atoms with van der Waals surface area (Å²) in [6, 6.07) is 10.2. The minimum Gasteiger partial charge on any atom is -0.503 e. The number of aryl methyl sites for hydroxylation is 1. The second-order valence-corrected chi connectivity index (χ2v) is 8.49. The number of amides is 1. The molecule has 4 rings (SSSR count). The number of hydrogen-bond donors (Lipinski definition) is 1. The fourth-order valence-electron chi connectivity index (χ4n) is 3.84. The summed E-state index contributed by atoms with van der Waals surface area (Å²) < 4.78 is 7.70. The van der Waals surface area contributed by atoms with Crippen molar-refractivity contribution in [1.29, 1.82) is 0 Å². The highest BCUT2D eigenvalue weighted by molar-refractivity contribution is 7.12. The van der Waals surface area contributed by atoms with Gasteiger partial charge >= 0.3 is 0 Å². The highest BCUT2D eigenvalue weighted by atomic mass is 32.1. The number of aliphatic hydroxyl groups is 1. The summed E-state index contributed by atoms with van der Waals surface area (Å²) in [7, 11) is 0. The van der Waals surface area contributed by atoms with Crippen LogP contribution in [0.5, 0.6) is 5.75 Å². The predicted octanol–water partition coefficient (Wildman–Crippen LogP) is 4.40. The zero-order chi connectivity index (χ0) is 22.5. The van der Waals surface area contributed by atoms with Crippen LogP contribution in [0, 0.1) is 0 Å². The molecule has 166 valence electrons. The van der Waals surface area contributed by atoms with Gasteiger partial charge in [0, 0.05) is 25.5 Å². The van der Waals surface area contributed by atoms with Crippen molar-refractivity contribution in [2.45, 2.75) is 32.4 Å². The lowest BCUT2D eigenvalue weighted by Gasteiger charge is -2.27. The zero-order valence-corrected chi connectivity index (χ0v) is 18.6. The Morgan fingerprint density at radius 1 is 1.25 bits per heavy atom. The molecule has 1 N–H and O–H groups in total. The number of aromatic nitrogens is 2. The van der Waals surface area contributed by atoms with E-state index in [1.807, 2.05) is 42.0 Å². The Morgan fingerprint density at radius 3 is 2.84 bits per heavy atom. The second-order valence-electron chi connectivity index (χ2n) is 7.54. The number of carbonyl (C=O) groups is 2. The minimum atomic E-state index is -0.676. The molecule has 1 atom stereocenters. The summed E-state index contributed by atoms with van der Waals surface area (Å²) in [6.07, 6.45) is 6.81. The van der Waals surface area contributed by atoms with Crippen LogP contribution in [-0.4, -0.2) is 44.4 Å². The number of imidazole rings is 1. The third-order valence-electron chi connectivity index (χ3n) is 5.31. The summed E-state index contributed by atoms with van der Waals surface area (Å²) in [4.78, 5) is 32.4. The first-order valence-corrected chi connectivity index (χ1v) is 11.5. The van der Waals surface area contributed by atoms with Gasteiger partial charge in [-0.3, -0.25) is 9.59 Å². The van der Waals surface area contributed by atoms with Crippen LogP contribution >= 0.6 is 11.3 Å². The smallest absolute Gasteiger partial charge is 0.290 e. The average Bonchev–Trinajstić information content (AvgIpc) is 3.56. The molecule has 1 aliphatic rings. The number of Topliss-reactive ketones (excluding diaryl/α,β-unsaturated/α-hetero) is 1. The maximum atomic E-state index is 13.3. The third kappa shape index (κ3) is 4.45. The standard InChI is InChI=1S/C24H25N3O4S/c1-2-13-31-18-7-3-6-17(15-18)21-20(22(28)19-8-4-14-32-19)23(29)24(30)27(21)11-5-10-26-12-9-25-16-26/h3-4,6-9,12,14-16,21,29H,2,5,10-11,13H2,1H3. The van der Waals surface area contributed by atoms with E-state index in [9.17, 15) is 14.7 Å². The Morgan fingerprint density at radius 2 is 2.12 bits per heavy atom. The van der Waals surface area contributed by atoms with Gasteiger partial charge in [-0.15, -0.1) is 11.3 Å². The highest BCUT2D eigenvalue weighted by Crippen LogP contribution is 2.40. The molecule has 0 fully saturated rings. The van der Waals surface area contributed by atoms with Crippen molar-refractivity contribution in [3.8, 4) is 5.75 Å². The number of nitrogens with zero attached hydrogens (tertiary/aromatic N) is 3. The van der Waals surface area contributed by atoms with Crippen LogP contribution in [0.15, 0.2) is 71.8 Å². The van der Waals surface area contributed by atoms with Crippen LogP contribution in [0.1, 0.15) is 41.0 Å². The SMILES string of the molecule is CCCOc1cccc(C2C(C(=O)c3cccs3)=C(O)C(=O)N2CCCn2ccnc2)c1. The van der Waals surface area contributed by atoms with Crippen molar-refractivity contribution in [2.24, 2.45) is 0 Å². The molecule has 32 heavy (non-hydrogen) atoms. The summed E-state index contributed by atoms with van der Waals surface area (Å²) in [5.74, 6) is -0.659. The maximum Gasteiger partial charge on any atom is 0.290 e. The van der Waals surface area contributed by atoms with E-state index in [1.165, 1.54) is 11.3 Å². The molecule has 2 aromatic heterocycles. The summed E-state index contributed by atoms with van der Waals surface area (Å²) in [5, 5.41) is 12.6. The van der Waals surface area contributed by atoms with Crippen LogP contribution in [-0.2, 0) is 11.3 Å². The molecule has 7 nitrogen and oxygen atoms in total. The quantitative estimate of drug-likeness (QED) is 0.462. The molecule has 1 aromatic carbocycles. The molecule has 3 aromatic rings. The Bertz CT molecular complexity index is 1110. The molecule has 8 heteroatoms. The number of ketones is 1. The van der Waals surface area contributed by atoms with Gasteiger partial charge in [0.15, 0.2) is 5.76 Å². The summed E-state index contributed by atoms with van der Waals surface area (Å²) in [5.41, 5.74) is 0.853. The predicted molar refractivity (Wildman–Crippen MR) is 122 cm³/mol. The van der Waals surface area contributed by atoms with Crippen LogP contribution in [0.3, 0.4) is 0 Å². The van der Waals surface area contributed by atoms with E-state index in [2.05, 4.69) is 4.98 Å². The number of rotatable bonds is 10. The van der Waals surface area contributed by atoms with E-state index in [1.54, 1.807) is 34.9 Å². The van der Waals surface area contributed by atoms with Gasteiger partial charge in [0.05, 0.1) is 29.4 Å². The van der Waals surface area contributed by atoms with E-state index in [-0.39, 0.29) is 11.4 Å². The van der Waals surface area contributed by atoms with Gasteiger partial charge in [-0.25, -0.2) is 4.98 Å². The highest BCUT2D eigenvalue weighted by Gasteiger charge is 2.43. The van der Waals surface area contributed by atoms with Gasteiger partial charge in [0.2, 0.25) is 5.78 Å². The van der Waals surface area contributed by atoms with Gasteiger partial charge in [-0.1, -0.05) is 25.1 Å². The fraction of sp³-hybridized carbons (Fsp3) is 0.292. The zero-order valence-electron chi connectivity index (χ0n) is 17.8. The lowest BCUT2D eigenvalue weighted by atomic mass is 9.95. The molecule has 0 saturated heterocycles. The van der Waals surface area contributed by atoms with E-state index in [4.69, 9.17) is 4.74 Å². The Kier molecular flexibility index (Phi) is 6.70. The van der Waals surface area contributed by atoms with Crippen molar-refractivity contribution in [1.82, 2.24) is 14.5 Å². The topological polar surface area (TPSA) is 84.7 Å². The van der Waals surface area contributed by atoms with E-state index in [0.717, 1.165) is 12.0 Å². The van der Waals surface area contributed by atoms with Crippen molar-refractivity contribution in [3.63, 3.8) is 0 Å². The van der Waals surface area contributed by atoms with Crippen molar-refractivity contribution in [2.75, 3.05) is 13.2 Å². The molecule has 0 bridgehead atoms. The van der Waals surface area contributed by atoms with Crippen LogP contribution in [0.2, 0.25) is 0 Å². The van der Waals surface area contributed by atoms with E-state index >= 15 is 0 Å². The van der Waals surface area contributed by atoms with Crippen LogP contribution < -0.4 is 4.74 Å². The summed E-state index contributed by atoms with van der Waals surface area (Å²) in [6.45, 7) is 3.65. The van der Waals surface area contributed by atoms with Crippen molar-refractivity contribution >= 4 is 23.0 Å². The average molecular weight is 452 g/mol. The molecule has 1 unspecified atom stereocenters. The minimum absolute atomic E-state index is 0.118. The number of aliphatic hydroxyl groups excluding tert-OH is 1. The molecule has 1 amide bonds. The molecular weight excluding hydrogens is 426 g/mol. The Labute approximate surface area is 190 Å². The molecule has 0 saturated carbocycles. The van der Waals surface area contributed by atoms with Gasteiger partial charge < -0.3 is 19.3 Å². The molecule has 0 radical (unpaired) electrons. The first kappa shape index (κ1) is 21.8.